The van der Waals surface area contributed by atoms with Crippen LogP contribution in [0.25, 0.3) is 0 Å². The quantitative estimate of drug-likeness (QED) is 0.833. The van der Waals surface area contributed by atoms with Gasteiger partial charge in [0.25, 0.3) is 0 Å². The van der Waals surface area contributed by atoms with Crippen LogP contribution in [0.1, 0.15) is 13.8 Å². The third-order valence-corrected chi connectivity index (χ3v) is 3.50. The zero-order chi connectivity index (χ0) is 13.8. The van der Waals surface area contributed by atoms with Crippen molar-refractivity contribution >= 4 is 23.1 Å². The minimum absolute atomic E-state index is 0.118. The van der Waals surface area contributed by atoms with Crippen LogP contribution in [0.5, 0.6) is 5.75 Å². The predicted octanol–water partition coefficient (Wildman–Crippen LogP) is 3.79. The summed E-state index contributed by atoms with van der Waals surface area (Å²) in [5.41, 5.74) is 13.0. The van der Waals surface area contributed by atoms with Crippen LogP contribution in [0.15, 0.2) is 52.3 Å². The molecule has 3 nitrogen and oxygen atoms in total. The molecule has 4 N–H and O–H groups in total. The standard InChI is InChI=1S/C15H18N2OS/c1-10(2)18-14-9-12(17)5-8-15(14)19-13-6-3-11(16)4-7-13/h3-10H,16-17H2,1-2H3. The first-order chi connectivity index (χ1) is 9.04. The number of hydrogen-bond acceptors (Lipinski definition) is 4. The molecule has 0 saturated heterocycles. The second kappa shape index (κ2) is 5.89. The fourth-order valence-electron chi connectivity index (χ4n) is 1.62. The second-order valence-electron chi connectivity index (χ2n) is 4.54. The summed E-state index contributed by atoms with van der Waals surface area (Å²) < 4.78 is 5.80. The molecule has 4 heteroatoms. The van der Waals surface area contributed by atoms with Crippen LogP contribution in [-0.2, 0) is 0 Å². The van der Waals surface area contributed by atoms with Crippen LogP contribution in [-0.4, -0.2) is 6.10 Å². The molecule has 0 radical (unpaired) electrons. The van der Waals surface area contributed by atoms with Crippen molar-refractivity contribution in [2.45, 2.75) is 29.7 Å². The van der Waals surface area contributed by atoms with Crippen molar-refractivity contribution in [1.29, 1.82) is 0 Å². The second-order valence-corrected chi connectivity index (χ2v) is 5.66. The highest BCUT2D eigenvalue weighted by Crippen LogP contribution is 2.36. The van der Waals surface area contributed by atoms with Crippen LogP contribution in [0.2, 0.25) is 0 Å². The minimum Gasteiger partial charge on any atom is -0.490 e. The van der Waals surface area contributed by atoms with Gasteiger partial charge in [-0.3, -0.25) is 0 Å². The van der Waals surface area contributed by atoms with Gasteiger partial charge in [-0.05, 0) is 50.2 Å². The highest BCUT2D eigenvalue weighted by Gasteiger charge is 2.08. The van der Waals surface area contributed by atoms with Gasteiger partial charge in [-0.25, -0.2) is 0 Å². The highest BCUT2D eigenvalue weighted by molar-refractivity contribution is 7.99. The lowest BCUT2D eigenvalue weighted by atomic mass is 10.3. The maximum atomic E-state index is 5.81. The average molecular weight is 274 g/mol. The smallest absolute Gasteiger partial charge is 0.135 e. The summed E-state index contributed by atoms with van der Waals surface area (Å²) >= 11 is 1.64. The molecule has 0 amide bonds. The number of benzene rings is 2. The summed E-state index contributed by atoms with van der Waals surface area (Å²) in [6.45, 7) is 4.00. The molecule has 0 saturated carbocycles. The van der Waals surface area contributed by atoms with Gasteiger partial charge in [-0.2, -0.15) is 0 Å². The van der Waals surface area contributed by atoms with E-state index in [0.29, 0.717) is 5.69 Å². The number of ether oxygens (including phenoxy) is 1. The van der Waals surface area contributed by atoms with E-state index in [0.717, 1.165) is 21.2 Å². The van der Waals surface area contributed by atoms with E-state index in [-0.39, 0.29) is 6.10 Å². The zero-order valence-electron chi connectivity index (χ0n) is 11.1. The first-order valence-electron chi connectivity index (χ1n) is 6.14. The van der Waals surface area contributed by atoms with Crippen molar-refractivity contribution in [3.05, 3.63) is 42.5 Å². The molecule has 0 heterocycles. The Balaban J connectivity index is 2.26. The lowest BCUT2D eigenvalue weighted by Crippen LogP contribution is -2.06. The number of rotatable bonds is 4. The Labute approximate surface area is 117 Å². The number of hydrogen-bond donors (Lipinski definition) is 2. The first-order valence-corrected chi connectivity index (χ1v) is 6.96. The molecule has 0 unspecified atom stereocenters. The van der Waals surface area contributed by atoms with E-state index >= 15 is 0 Å². The van der Waals surface area contributed by atoms with Gasteiger partial charge in [0.1, 0.15) is 5.75 Å². The van der Waals surface area contributed by atoms with Crippen molar-refractivity contribution in [1.82, 2.24) is 0 Å². The van der Waals surface area contributed by atoms with Crippen molar-refractivity contribution in [2.75, 3.05) is 11.5 Å². The van der Waals surface area contributed by atoms with Crippen molar-refractivity contribution in [3.8, 4) is 5.75 Å². The summed E-state index contributed by atoms with van der Waals surface area (Å²) in [6.07, 6.45) is 0.118. The Kier molecular flexibility index (Phi) is 4.22. The fourth-order valence-corrected chi connectivity index (χ4v) is 2.49. The lowest BCUT2D eigenvalue weighted by Gasteiger charge is -2.14. The van der Waals surface area contributed by atoms with E-state index in [1.54, 1.807) is 11.8 Å². The molecule has 0 bridgehead atoms. The molecule has 19 heavy (non-hydrogen) atoms. The molecule has 0 spiro atoms. The van der Waals surface area contributed by atoms with Crippen LogP contribution < -0.4 is 16.2 Å². The Hall–Kier alpha value is -1.81. The van der Waals surface area contributed by atoms with Gasteiger partial charge in [-0.1, -0.05) is 11.8 Å². The van der Waals surface area contributed by atoms with Crippen molar-refractivity contribution in [2.24, 2.45) is 0 Å². The molecule has 0 aliphatic heterocycles. The normalized spacial score (nSPS) is 10.7. The van der Waals surface area contributed by atoms with E-state index in [9.17, 15) is 0 Å². The fraction of sp³-hybridized carbons (Fsp3) is 0.200. The summed E-state index contributed by atoms with van der Waals surface area (Å²) in [5.74, 6) is 0.817. The topological polar surface area (TPSA) is 61.3 Å². The van der Waals surface area contributed by atoms with Crippen molar-refractivity contribution < 1.29 is 4.74 Å². The van der Waals surface area contributed by atoms with Gasteiger partial charge in [0.2, 0.25) is 0 Å². The van der Waals surface area contributed by atoms with E-state index in [1.807, 2.05) is 56.3 Å². The maximum Gasteiger partial charge on any atom is 0.135 e. The molecule has 0 atom stereocenters. The van der Waals surface area contributed by atoms with Gasteiger partial charge < -0.3 is 16.2 Å². The molecular weight excluding hydrogens is 256 g/mol. The molecule has 0 aliphatic carbocycles. The summed E-state index contributed by atoms with van der Waals surface area (Å²) in [5, 5.41) is 0. The van der Waals surface area contributed by atoms with Crippen LogP contribution >= 0.6 is 11.8 Å². The minimum atomic E-state index is 0.118. The monoisotopic (exact) mass is 274 g/mol. The van der Waals surface area contributed by atoms with E-state index < -0.39 is 0 Å². The Bertz CT molecular complexity index is 553. The summed E-state index contributed by atoms with van der Waals surface area (Å²) in [6, 6.07) is 13.5. The number of nitrogens with two attached hydrogens (primary N) is 2. The van der Waals surface area contributed by atoms with Gasteiger partial charge in [0.15, 0.2) is 0 Å². The summed E-state index contributed by atoms with van der Waals surface area (Å²) in [7, 11) is 0. The zero-order valence-corrected chi connectivity index (χ0v) is 11.9. The Morgan fingerprint density at radius 1 is 0.947 bits per heavy atom. The maximum absolute atomic E-state index is 5.81. The van der Waals surface area contributed by atoms with E-state index in [4.69, 9.17) is 16.2 Å². The Morgan fingerprint density at radius 2 is 1.58 bits per heavy atom. The van der Waals surface area contributed by atoms with Crippen LogP contribution in [0, 0.1) is 0 Å². The summed E-state index contributed by atoms with van der Waals surface area (Å²) in [4.78, 5) is 2.17. The van der Waals surface area contributed by atoms with Crippen LogP contribution in [0.3, 0.4) is 0 Å². The molecular formula is C15H18N2OS. The van der Waals surface area contributed by atoms with E-state index in [1.165, 1.54) is 0 Å². The predicted molar refractivity (Wildman–Crippen MR) is 81.6 cm³/mol. The van der Waals surface area contributed by atoms with Crippen LogP contribution in [0.4, 0.5) is 11.4 Å². The average Bonchev–Trinajstić information content (AvgIpc) is 2.34. The molecule has 0 aliphatic rings. The highest BCUT2D eigenvalue weighted by atomic mass is 32.2. The molecule has 2 aromatic rings. The van der Waals surface area contributed by atoms with Gasteiger partial charge >= 0.3 is 0 Å². The molecule has 0 fully saturated rings. The molecule has 2 aromatic carbocycles. The number of anilines is 2. The SMILES string of the molecule is CC(C)Oc1cc(N)ccc1Sc1ccc(N)cc1. The molecule has 0 aromatic heterocycles. The Morgan fingerprint density at radius 3 is 2.21 bits per heavy atom. The first kappa shape index (κ1) is 13.6. The molecule has 100 valence electrons. The number of nitrogen functional groups attached to an aromatic ring is 2. The van der Waals surface area contributed by atoms with Gasteiger partial charge in [0.05, 0.1) is 11.0 Å². The third-order valence-electron chi connectivity index (χ3n) is 2.44. The van der Waals surface area contributed by atoms with Gasteiger partial charge in [-0.15, -0.1) is 0 Å². The third kappa shape index (κ3) is 3.83. The van der Waals surface area contributed by atoms with Crippen molar-refractivity contribution in [3.63, 3.8) is 0 Å². The molecule has 2 rings (SSSR count). The largest absolute Gasteiger partial charge is 0.490 e. The lowest BCUT2D eigenvalue weighted by molar-refractivity contribution is 0.237. The van der Waals surface area contributed by atoms with Gasteiger partial charge in [0, 0.05) is 22.3 Å². The van der Waals surface area contributed by atoms with E-state index in [2.05, 4.69) is 0 Å².